The zero-order valence-electron chi connectivity index (χ0n) is 10.1. The molecule has 0 aromatic carbocycles. The van der Waals surface area contributed by atoms with Gasteiger partial charge >= 0.3 is 11.9 Å². The van der Waals surface area contributed by atoms with Gasteiger partial charge in [0, 0.05) is 5.57 Å². The second kappa shape index (κ2) is 4.28. The first kappa shape index (κ1) is 12.7. The van der Waals surface area contributed by atoms with E-state index >= 15 is 0 Å². The summed E-state index contributed by atoms with van der Waals surface area (Å²) in [5, 5.41) is 8.97. The lowest BCUT2D eigenvalue weighted by molar-refractivity contribution is -0.140. The normalized spacial score (nSPS) is 27.4. The molecule has 0 radical (unpaired) electrons. The van der Waals surface area contributed by atoms with Crippen LogP contribution in [-0.4, -0.2) is 23.7 Å². The molecular formula is C12H18O4. The van der Waals surface area contributed by atoms with Crippen molar-refractivity contribution in [2.75, 3.05) is 6.61 Å². The average molecular weight is 226 g/mol. The molecule has 1 rings (SSSR count). The monoisotopic (exact) mass is 226 g/mol. The van der Waals surface area contributed by atoms with E-state index in [0.717, 1.165) is 0 Å². The minimum Gasteiger partial charge on any atom is -0.481 e. The number of carbonyl (C=O) groups excluding carboxylic acids is 1. The molecule has 4 heteroatoms. The van der Waals surface area contributed by atoms with Gasteiger partial charge in [0.05, 0.1) is 12.5 Å². The van der Waals surface area contributed by atoms with Gasteiger partial charge in [-0.2, -0.15) is 0 Å². The van der Waals surface area contributed by atoms with Crippen molar-refractivity contribution in [3.05, 3.63) is 11.6 Å². The molecule has 0 saturated heterocycles. The summed E-state index contributed by atoms with van der Waals surface area (Å²) in [5.41, 5.74) is 0.225. The first-order chi connectivity index (χ1) is 7.32. The Balaban J connectivity index is 2.72. The van der Waals surface area contributed by atoms with Crippen LogP contribution in [0.5, 0.6) is 0 Å². The van der Waals surface area contributed by atoms with Crippen molar-refractivity contribution in [2.45, 2.75) is 27.7 Å². The van der Waals surface area contributed by atoms with Crippen molar-refractivity contribution in [1.82, 2.24) is 0 Å². The maximum Gasteiger partial charge on any atom is 0.333 e. The first-order valence-corrected chi connectivity index (χ1v) is 5.40. The predicted molar refractivity (Wildman–Crippen MR) is 58.8 cm³/mol. The Kier molecular flexibility index (Phi) is 3.41. The third kappa shape index (κ3) is 2.26. The number of rotatable bonds is 4. The third-order valence-electron chi connectivity index (χ3n) is 3.20. The second-order valence-electron chi connectivity index (χ2n) is 4.73. The predicted octanol–water partition coefficient (Wildman–Crippen LogP) is 1.85. The summed E-state index contributed by atoms with van der Waals surface area (Å²) < 4.78 is 4.84. The summed E-state index contributed by atoms with van der Waals surface area (Å²) >= 11 is 0. The van der Waals surface area contributed by atoms with Crippen LogP contribution in [0.2, 0.25) is 0 Å². The molecule has 2 unspecified atom stereocenters. The van der Waals surface area contributed by atoms with E-state index in [1.807, 2.05) is 13.8 Å². The highest BCUT2D eigenvalue weighted by atomic mass is 16.5. The van der Waals surface area contributed by atoms with Crippen LogP contribution in [0.1, 0.15) is 27.7 Å². The maximum absolute atomic E-state index is 11.4. The lowest BCUT2D eigenvalue weighted by Gasteiger charge is -2.02. The fourth-order valence-electron chi connectivity index (χ4n) is 2.04. The van der Waals surface area contributed by atoms with Crippen LogP contribution in [0.4, 0.5) is 0 Å². The molecule has 0 aliphatic heterocycles. The highest BCUT2D eigenvalue weighted by Gasteiger charge is 2.61. The average Bonchev–Trinajstić information content (AvgIpc) is 2.68. The molecule has 0 spiro atoms. The van der Waals surface area contributed by atoms with Gasteiger partial charge < -0.3 is 9.84 Å². The molecule has 1 fully saturated rings. The number of carboxylic acid groups (broad SMARTS) is 1. The van der Waals surface area contributed by atoms with E-state index in [2.05, 4.69) is 0 Å². The van der Waals surface area contributed by atoms with Crippen LogP contribution in [0.25, 0.3) is 0 Å². The minimum absolute atomic E-state index is 0.0746. The van der Waals surface area contributed by atoms with Crippen LogP contribution in [0, 0.1) is 17.3 Å². The van der Waals surface area contributed by atoms with Crippen molar-refractivity contribution in [3.63, 3.8) is 0 Å². The molecule has 1 saturated carbocycles. The largest absolute Gasteiger partial charge is 0.481 e. The highest BCUT2D eigenvalue weighted by Crippen LogP contribution is 2.59. The molecule has 0 bridgehead atoms. The van der Waals surface area contributed by atoms with Crippen molar-refractivity contribution < 1.29 is 19.4 Å². The van der Waals surface area contributed by atoms with Gasteiger partial charge in [0.1, 0.15) is 0 Å². The topological polar surface area (TPSA) is 63.6 Å². The zero-order valence-corrected chi connectivity index (χ0v) is 10.1. The molecule has 90 valence electrons. The van der Waals surface area contributed by atoms with E-state index in [-0.39, 0.29) is 17.3 Å². The fourth-order valence-corrected chi connectivity index (χ4v) is 2.04. The quantitative estimate of drug-likeness (QED) is 0.587. The molecular weight excluding hydrogens is 208 g/mol. The number of esters is 1. The Hall–Kier alpha value is -1.32. The van der Waals surface area contributed by atoms with Crippen molar-refractivity contribution >= 4 is 11.9 Å². The summed E-state index contributed by atoms with van der Waals surface area (Å²) in [7, 11) is 0. The molecule has 1 aliphatic rings. The summed E-state index contributed by atoms with van der Waals surface area (Å²) in [6.07, 6.45) is 1.72. The molecule has 0 heterocycles. The number of allylic oxidation sites excluding steroid dienone is 1. The van der Waals surface area contributed by atoms with Gasteiger partial charge in [-0.3, -0.25) is 4.79 Å². The van der Waals surface area contributed by atoms with E-state index in [1.54, 1.807) is 19.9 Å². The SMILES string of the molecule is CCOC(=O)/C(C)=C/C1C(C(=O)O)C1(C)C. The number of aliphatic carboxylic acids is 1. The molecule has 16 heavy (non-hydrogen) atoms. The number of ether oxygens (including phenoxy) is 1. The van der Waals surface area contributed by atoms with E-state index in [9.17, 15) is 9.59 Å². The summed E-state index contributed by atoms with van der Waals surface area (Å²) in [6.45, 7) is 7.52. The van der Waals surface area contributed by atoms with Crippen LogP contribution in [0.3, 0.4) is 0 Å². The van der Waals surface area contributed by atoms with Gasteiger partial charge in [-0.25, -0.2) is 4.79 Å². The van der Waals surface area contributed by atoms with Crippen LogP contribution >= 0.6 is 0 Å². The van der Waals surface area contributed by atoms with Crippen LogP contribution < -0.4 is 0 Å². The minimum atomic E-state index is -0.803. The van der Waals surface area contributed by atoms with Crippen molar-refractivity contribution in [2.24, 2.45) is 17.3 Å². The molecule has 1 N–H and O–H groups in total. The standard InChI is InChI=1S/C12H18O4/c1-5-16-11(15)7(2)6-8-9(10(13)14)12(8,3)4/h6,8-9H,5H2,1-4H3,(H,13,14)/b7-6+. The van der Waals surface area contributed by atoms with Crippen LogP contribution in [0.15, 0.2) is 11.6 Å². The van der Waals surface area contributed by atoms with Gasteiger partial charge in [-0.05, 0) is 25.2 Å². The molecule has 0 aromatic rings. The lowest BCUT2D eigenvalue weighted by Crippen LogP contribution is -2.06. The Morgan fingerprint density at radius 3 is 2.38 bits per heavy atom. The van der Waals surface area contributed by atoms with E-state index < -0.39 is 11.9 Å². The van der Waals surface area contributed by atoms with E-state index in [1.165, 1.54) is 0 Å². The summed E-state index contributed by atoms with van der Waals surface area (Å²) in [5.74, 6) is -1.64. The van der Waals surface area contributed by atoms with Crippen LogP contribution in [-0.2, 0) is 14.3 Å². The van der Waals surface area contributed by atoms with E-state index in [4.69, 9.17) is 9.84 Å². The number of hydrogen-bond donors (Lipinski definition) is 1. The maximum atomic E-state index is 11.4. The summed E-state index contributed by atoms with van der Waals surface area (Å²) in [6, 6.07) is 0. The number of carboxylic acids is 1. The lowest BCUT2D eigenvalue weighted by atomic mass is 10.1. The zero-order chi connectivity index (χ0) is 12.5. The van der Waals surface area contributed by atoms with E-state index in [0.29, 0.717) is 12.2 Å². The summed E-state index contributed by atoms with van der Waals surface area (Å²) in [4.78, 5) is 22.3. The molecule has 2 atom stereocenters. The number of carbonyl (C=O) groups is 2. The Bertz CT molecular complexity index is 341. The third-order valence-corrected chi connectivity index (χ3v) is 3.20. The smallest absolute Gasteiger partial charge is 0.333 e. The van der Waals surface area contributed by atoms with Gasteiger partial charge in [0.25, 0.3) is 0 Å². The highest BCUT2D eigenvalue weighted by molar-refractivity contribution is 5.88. The van der Waals surface area contributed by atoms with Crippen molar-refractivity contribution in [3.8, 4) is 0 Å². The Morgan fingerprint density at radius 1 is 1.44 bits per heavy atom. The molecule has 0 aromatic heterocycles. The van der Waals surface area contributed by atoms with Gasteiger partial charge in [0.15, 0.2) is 0 Å². The first-order valence-electron chi connectivity index (χ1n) is 5.40. The fraction of sp³-hybridized carbons (Fsp3) is 0.667. The molecule has 0 amide bonds. The number of hydrogen-bond acceptors (Lipinski definition) is 3. The van der Waals surface area contributed by atoms with Gasteiger partial charge in [-0.15, -0.1) is 0 Å². The Morgan fingerprint density at radius 2 is 2.00 bits per heavy atom. The molecule has 1 aliphatic carbocycles. The van der Waals surface area contributed by atoms with Gasteiger partial charge in [-0.1, -0.05) is 19.9 Å². The second-order valence-corrected chi connectivity index (χ2v) is 4.73. The molecule has 4 nitrogen and oxygen atoms in total. The Labute approximate surface area is 95.3 Å². The van der Waals surface area contributed by atoms with Crippen molar-refractivity contribution in [1.29, 1.82) is 0 Å². The van der Waals surface area contributed by atoms with Gasteiger partial charge in [0.2, 0.25) is 0 Å².